The Labute approximate surface area is 163 Å². The fourth-order valence-corrected chi connectivity index (χ4v) is 3.16. The van der Waals surface area contributed by atoms with Gasteiger partial charge in [-0.3, -0.25) is 9.78 Å². The van der Waals surface area contributed by atoms with Crippen LogP contribution in [0.3, 0.4) is 0 Å². The molecule has 1 saturated carbocycles. The van der Waals surface area contributed by atoms with Crippen LogP contribution < -0.4 is 5.32 Å². The van der Waals surface area contributed by atoms with E-state index in [-0.39, 0.29) is 23.7 Å². The van der Waals surface area contributed by atoms with Crippen molar-refractivity contribution in [3.63, 3.8) is 0 Å². The molecule has 1 N–H and O–H groups in total. The van der Waals surface area contributed by atoms with Crippen molar-refractivity contribution in [1.82, 2.24) is 25.3 Å². The number of nitrogens with zero attached hydrogens (tertiary/aromatic N) is 4. The van der Waals surface area contributed by atoms with Gasteiger partial charge in [-0.25, -0.2) is 9.07 Å². The molecule has 8 heteroatoms. The predicted octanol–water partition coefficient (Wildman–Crippen LogP) is 3.93. The zero-order valence-electron chi connectivity index (χ0n) is 14.6. The second kappa shape index (κ2) is 7.19. The van der Waals surface area contributed by atoms with Crippen molar-refractivity contribution in [2.45, 2.75) is 31.7 Å². The van der Waals surface area contributed by atoms with Crippen molar-refractivity contribution in [2.24, 2.45) is 0 Å². The zero-order chi connectivity index (χ0) is 19.0. The minimum absolute atomic E-state index is 0.243. The van der Waals surface area contributed by atoms with Crippen LogP contribution in [-0.4, -0.2) is 25.9 Å². The van der Waals surface area contributed by atoms with Crippen molar-refractivity contribution in [3.8, 4) is 5.69 Å². The Morgan fingerprint density at radius 2 is 2.00 bits per heavy atom. The topological polar surface area (TPSA) is 72.7 Å². The molecule has 1 aliphatic rings. The number of hydrogen-bond acceptors (Lipinski definition) is 4. The van der Waals surface area contributed by atoms with E-state index in [2.05, 4.69) is 36.5 Å². The highest BCUT2D eigenvalue weighted by Crippen LogP contribution is 2.42. The molecule has 1 aliphatic carbocycles. The Kier molecular flexibility index (Phi) is 4.73. The van der Waals surface area contributed by atoms with Gasteiger partial charge in [0.1, 0.15) is 5.82 Å². The molecule has 6 nitrogen and oxygen atoms in total. The van der Waals surface area contributed by atoms with E-state index in [0.29, 0.717) is 11.4 Å². The predicted molar refractivity (Wildman–Crippen MR) is 101 cm³/mol. The summed E-state index contributed by atoms with van der Waals surface area (Å²) >= 11 is 3.35. The number of carbonyl (C=O) groups is 1. The summed E-state index contributed by atoms with van der Waals surface area (Å²) in [5.41, 5.74) is 2.53. The lowest BCUT2D eigenvalue weighted by Crippen LogP contribution is -2.28. The molecule has 1 atom stereocenters. The van der Waals surface area contributed by atoms with Gasteiger partial charge < -0.3 is 5.32 Å². The van der Waals surface area contributed by atoms with E-state index < -0.39 is 0 Å². The number of nitrogens with one attached hydrogen (secondary N) is 1. The average molecular weight is 430 g/mol. The lowest BCUT2D eigenvalue weighted by atomic mass is 10.1. The second-order valence-electron chi connectivity index (χ2n) is 6.58. The summed E-state index contributed by atoms with van der Waals surface area (Å²) in [7, 11) is 0. The van der Waals surface area contributed by atoms with Crippen LogP contribution in [0.1, 0.15) is 53.6 Å². The molecule has 0 radical (unpaired) electrons. The molecule has 1 amide bonds. The molecule has 0 bridgehead atoms. The molecule has 1 fully saturated rings. The number of aromatic nitrogens is 4. The van der Waals surface area contributed by atoms with Gasteiger partial charge in [0.05, 0.1) is 23.1 Å². The van der Waals surface area contributed by atoms with Gasteiger partial charge in [0.15, 0.2) is 5.69 Å². The molecule has 0 aliphatic heterocycles. The molecule has 27 heavy (non-hydrogen) atoms. The first-order valence-electron chi connectivity index (χ1n) is 8.67. The van der Waals surface area contributed by atoms with E-state index >= 15 is 0 Å². The summed E-state index contributed by atoms with van der Waals surface area (Å²) in [6.45, 7) is 1.87. The summed E-state index contributed by atoms with van der Waals surface area (Å²) in [6.07, 6.45) is 3.66. The lowest BCUT2D eigenvalue weighted by Gasteiger charge is -2.13. The minimum atomic E-state index is -0.319. The third-order valence-electron chi connectivity index (χ3n) is 4.50. The van der Waals surface area contributed by atoms with Gasteiger partial charge in [-0.15, -0.1) is 5.10 Å². The smallest absolute Gasteiger partial charge is 0.274 e. The van der Waals surface area contributed by atoms with Crippen LogP contribution in [0.5, 0.6) is 0 Å². The third kappa shape index (κ3) is 3.75. The standard InChI is InChI=1S/C19H17BrFN5O/c1-11(16-9-4-13(20)10-22-16)23-19(27)17-18(12-2-3-12)26(25-24-17)15-7-5-14(21)6-8-15/h4-12H,2-3H2,1H3,(H,23,27)/t11-/m1/s1. The first-order valence-corrected chi connectivity index (χ1v) is 9.46. The Hall–Kier alpha value is -2.61. The maximum atomic E-state index is 13.2. The highest BCUT2D eigenvalue weighted by Gasteiger charge is 2.34. The van der Waals surface area contributed by atoms with Crippen molar-refractivity contribution in [2.75, 3.05) is 0 Å². The Morgan fingerprint density at radius 3 is 2.63 bits per heavy atom. The SMILES string of the molecule is C[C@@H](NC(=O)c1nnn(-c2ccc(F)cc2)c1C1CC1)c1ccc(Br)cn1. The van der Waals surface area contributed by atoms with Gasteiger partial charge in [0, 0.05) is 16.6 Å². The van der Waals surface area contributed by atoms with E-state index in [1.165, 1.54) is 12.1 Å². The zero-order valence-corrected chi connectivity index (χ0v) is 16.1. The highest BCUT2D eigenvalue weighted by molar-refractivity contribution is 9.10. The van der Waals surface area contributed by atoms with Crippen molar-refractivity contribution in [3.05, 3.63) is 70.0 Å². The highest BCUT2D eigenvalue weighted by atomic mass is 79.9. The molecular formula is C19H17BrFN5O. The Bertz CT molecular complexity index is 967. The summed E-state index contributed by atoms with van der Waals surface area (Å²) in [4.78, 5) is 17.1. The third-order valence-corrected chi connectivity index (χ3v) is 4.97. The van der Waals surface area contributed by atoms with Gasteiger partial charge >= 0.3 is 0 Å². The Balaban J connectivity index is 1.60. The van der Waals surface area contributed by atoms with E-state index in [1.807, 2.05) is 19.1 Å². The molecule has 1 aromatic carbocycles. The monoisotopic (exact) mass is 429 g/mol. The minimum Gasteiger partial charge on any atom is -0.342 e. The van der Waals surface area contributed by atoms with E-state index in [0.717, 1.165) is 28.7 Å². The molecule has 2 heterocycles. The van der Waals surface area contributed by atoms with Crippen LogP contribution in [-0.2, 0) is 0 Å². The quantitative estimate of drug-likeness (QED) is 0.666. The van der Waals surface area contributed by atoms with E-state index in [4.69, 9.17) is 0 Å². The molecular weight excluding hydrogens is 413 g/mol. The van der Waals surface area contributed by atoms with Gasteiger partial charge in [0.2, 0.25) is 0 Å². The van der Waals surface area contributed by atoms with E-state index in [1.54, 1.807) is 23.0 Å². The van der Waals surface area contributed by atoms with Gasteiger partial charge in [0.25, 0.3) is 5.91 Å². The number of halogens is 2. The van der Waals surface area contributed by atoms with Crippen molar-refractivity contribution < 1.29 is 9.18 Å². The van der Waals surface area contributed by atoms with Crippen LogP contribution in [0.25, 0.3) is 5.69 Å². The number of benzene rings is 1. The number of carbonyl (C=O) groups excluding carboxylic acids is 1. The van der Waals surface area contributed by atoms with Crippen LogP contribution >= 0.6 is 15.9 Å². The molecule has 0 saturated heterocycles. The molecule has 3 aromatic rings. The fourth-order valence-electron chi connectivity index (χ4n) is 2.93. The average Bonchev–Trinajstić information content (AvgIpc) is 3.41. The molecule has 0 unspecified atom stereocenters. The van der Waals surface area contributed by atoms with E-state index in [9.17, 15) is 9.18 Å². The molecule has 2 aromatic heterocycles. The van der Waals surface area contributed by atoms with Crippen molar-refractivity contribution >= 4 is 21.8 Å². The first-order chi connectivity index (χ1) is 13.0. The molecule has 138 valence electrons. The Morgan fingerprint density at radius 1 is 1.26 bits per heavy atom. The first kappa shape index (κ1) is 17.8. The maximum Gasteiger partial charge on any atom is 0.274 e. The maximum absolute atomic E-state index is 13.2. The second-order valence-corrected chi connectivity index (χ2v) is 7.50. The fraction of sp³-hybridized carbons (Fsp3) is 0.263. The van der Waals surface area contributed by atoms with Crippen LogP contribution in [0, 0.1) is 5.82 Å². The van der Waals surface area contributed by atoms with Gasteiger partial charge in [-0.05, 0) is 72.1 Å². The summed E-state index contributed by atoms with van der Waals surface area (Å²) < 4.78 is 15.7. The van der Waals surface area contributed by atoms with Crippen LogP contribution in [0.4, 0.5) is 4.39 Å². The number of rotatable bonds is 5. The molecule has 4 rings (SSSR count). The summed E-state index contributed by atoms with van der Waals surface area (Å²) in [5, 5.41) is 11.2. The van der Waals surface area contributed by atoms with Crippen molar-refractivity contribution in [1.29, 1.82) is 0 Å². The van der Waals surface area contributed by atoms with Crippen LogP contribution in [0.2, 0.25) is 0 Å². The van der Waals surface area contributed by atoms with Gasteiger partial charge in [-0.1, -0.05) is 5.21 Å². The lowest BCUT2D eigenvalue weighted by molar-refractivity contribution is 0.0933. The normalized spacial score (nSPS) is 14.8. The number of pyridine rings is 1. The number of hydrogen-bond donors (Lipinski definition) is 1. The molecule has 0 spiro atoms. The summed E-state index contributed by atoms with van der Waals surface area (Å²) in [5.74, 6) is -0.366. The van der Waals surface area contributed by atoms with Crippen LogP contribution in [0.15, 0.2) is 47.1 Å². The number of amides is 1. The van der Waals surface area contributed by atoms with Gasteiger partial charge in [-0.2, -0.15) is 0 Å². The largest absolute Gasteiger partial charge is 0.342 e. The summed E-state index contributed by atoms with van der Waals surface area (Å²) in [6, 6.07) is 9.47.